The molecule has 1 heterocycles. The first-order valence-electron chi connectivity index (χ1n) is 7.35. The Morgan fingerprint density at radius 3 is 2.42 bits per heavy atom. The molecule has 1 atom stereocenters. The summed E-state index contributed by atoms with van der Waals surface area (Å²) >= 11 is 0. The minimum Gasteiger partial charge on any atom is -0.365 e. The first-order chi connectivity index (χ1) is 11.1. The van der Waals surface area contributed by atoms with Crippen LogP contribution in [0.4, 0.5) is 24.5 Å². The molecule has 1 saturated heterocycles. The van der Waals surface area contributed by atoms with Crippen LogP contribution in [0, 0.1) is 10.1 Å². The molecule has 1 aliphatic heterocycles. The number of nitro benzene ring substituents is 1. The quantitative estimate of drug-likeness (QED) is 0.601. The molecule has 1 fully saturated rings. The van der Waals surface area contributed by atoms with E-state index in [0.29, 0.717) is 32.2 Å². The molecule has 2 rings (SSSR count). The van der Waals surface area contributed by atoms with E-state index in [1.807, 2.05) is 0 Å². The highest BCUT2D eigenvalue weighted by Gasteiger charge is 2.35. The van der Waals surface area contributed by atoms with Crippen molar-refractivity contribution in [1.82, 2.24) is 0 Å². The predicted octanol–water partition coefficient (Wildman–Crippen LogP) is 0.192. The van der Waals surface area contributed by atoms with Gasteiger partial charge in [-0.05, 0) is 19.1 Å². The Morgan fingerprint density at radius 1 is 1.38 bits per heavy atom. The number of anilines is 1. The zero-order valence-electron chi connectivity index (χ0n) is 13.0. The second-order valence-corrected chi connectivity index (χ2v) is 5.73. The summed E-state index contributed by atoms with van der Waals surface area (Å²) < 4.78 is 38.2. The van der Waals surface area contributed by atoms with Crippen LogP contribution >= 0.6 is 0 Å². The van der Waals surface area contributed by atoms with Gasteiger partial charge < -0.3 is 15.5 Å². The SMILES string of the molecule is C[C@H](C(N)=O)[NH+]1CCN(c2ccc(C(F)(F)F)cc2[N+](=O)[O-])CC1. The third-order valence-electron chi connectivity index (χ3n) is 4.28. The van der Waals surface area contributed by atoms with Gasteiger partial charge in [0.1, 0.15) is 5.69 Å². The number of rotatable bonds is 4. The maximum Gasteiger partial charge on any atom is 0.416 e. The van der Waals surface area contributed by atoms with E-state index in [1.54, 1.807) is 11.8 Å². The summed E-state index contributed by atoms with van der Waals surface area (Å²) in [6.45, 7) is 3.51. The molecule has 0 unspecified atom stereocenters. The summed E-state index contributed by atoms with van der Waals surface area (Å²) in [4.78, 5) is 24.2. The minimum absolute atomic E-state index is 0.152. The Hall–Kier alpha value is -2.36. The topological polar surface area (TPSA) is 93.9 Å². The molecule has 132 valence electrons. The minimum atomic E-state index is -4.64. The molecule has 0 saturated carbocycles. The molecule has 7 nitrogen and oxygen atoms in total. The van der Waals surface area contributed by atoms with Crippen LogP contribution in [-0.2, 0) is 11.0 Å². The molecular formula is C14H18F3N4O3+. The molecule has 0 aliphatic carbocycles. The molecule has 1 aliphatic rings. The number of hydrogen-bond acceptors (Lipinski definition) is 4. The fraction of sp³-hybridized carbons (Fsp3) is 0.500. The molecule has 0 bridgehead atoms. The summed E-state index contributed by atoms with van der Waals surface area (Å²) in [5.74, 6) is -0.432. The van der Waals surface area contributed by atoms with E-state index in [2.05, 4.69) is 0 Å². The van der Waals surface area contributed by atoms with Crippen molar-refractivity contribution >= 4 is 17.3 Å². The van der Waals surface area contributed by atoms with Gasteiger partial charge >= 0.3 is 6.18 Å². The van der Waals surface area contributed by atoms with Crippen LogP contribution < -0.4 is 15.5 Å². The summed E-state index contributed by atoms with van der Waals surface area (Å²) in [5.41, 5.74) is 3.79. The lowest BCUT2D eigenvalue weighted by atomic mass is 10.1. The Balaban J connectivity index is 2.21. The fourth-order valence-electron chi connectivity index (χ4n) is 2.78. The van der Waals surface area contributed by atoms with Gasteiger partial charge in [0.05, 0.1) is 36.7 Å². The van der Waals surface area contributed by atoms with Gasteiger partial charge in [0.25, 0.3) is 11.6 Å². The van der Waals surface area contributed by atoms with Crippen molar-refractivity contribution in [3.05, 3.63) is 33.9 Å². The molecule has 0 spiro atoms. The number of nitrogens with one attached hydrogen (secondary N) is 1. The highest BCUT2D eigenvalue weighted by molar-refractivity contribution is 5.77. The van der Waals surface area contributed by atoms with Crippen LogP contribution in [0.3, 0.4) is 0 Å². The van der Waals surface area contributed by atoms with Crippen LogP contribution in [0.15, 0.2) is 18.2 Å². The number of primary amides is 1. The second kappa shape index (κ2) is 6.63. The van der Waals surface area contributed by atoms with Gasteiger partial charge in [-0.25, -0.2) is 0 Å². The molecule has 1 aromatic carbocycles. The number of halogens is 3. The molecule has 3 N–H and O–H groups in total. The van der Waals surface area contributed by atoms with Crippen LogP contribution in [0.25, 0.3) is 0 Å². The van der Waals surface area contributed by atoms with E-state index in [0.717, 1.165) is 17.0 Å². The number of quaternary nitrogens is 1. The molecule has 1 aromatic rings. The summed E-state index contributed by atoms with van der Waals surface area (Å²) in [7, 11) is 0. The van der Waals surface area contributed by atoms with Gasteiger partial charge in [0.15, 0.2) is 6.04 Å². The van der Waals surface area contributed by atoms with Crippen molar-refractivity contribution in [3.8, 4) is 0 Å². The molecule has 10 heteroatoms. The first kappa shape index (κ1) is 18.0. The van der Waals surface area contributed by atoms with E-state index in [9.17, 15) is 28.1 Å². The number of hydrogen-bond donors (Lipinski definition) is 2. The molecule has 1 amide bonds. The standard InChI is InChI=1S/C14H17F3N4O3/c1-9(13(18)22)19-4-6-20(7-5-19)11-3-2-10(14(15,16)17)8-12(11)21(23)24/h2-3,8-9H,4-7H2,1H3,(H2,18,22)/p+1/t9-/m1/s1. The molecular weight excluding hydrogens is 329 g/mol. The normalized spacial score (nSPS) is 17.6. The zero-order chi connectivity index (χ0) is 18.1. The van der Waals surface area contributed by atoms with E-state index in [4.69, 9.17) is 5.73 Å². The van der Waals surface area contributed by atoms with E-state index < -0.39 is 28.3 Å². The van der Waals surface area contributed by atoms with E-state index in [1.165, 1.54) is 0 Å². The van der Waals surface area contributed by atoms with Gasteiger partial charge in [-0.15, -0.1) is 0 Å². The second-order valence-electron chi connectivity index (χ2n) is 5.73. The fourth-order valence-corrected chi connectivity index (χ4v) is 2.78. The molecule has 24 heavy (non-hydrogen) atoms. The van der Waals surface area contributed by atoms with Crippen molar-refractivity contribution in [2.45, 2.75) is 19.1 Å². The van der Waals surface area contributed by atoms with Crippen molar-refractivity contribution < 1.29 is 27.8 Å². The third kappa shape index (κ3) is 3.75. The number of carbonyl (C=O) groups is 1. The van der Waals surface area contributed by atoms with Gasteiger partial charge in [0.2, 0.25) is 0 Å². The van der Waals surface area contributed by atoms with Gasteiger partial charge in [0, 0.05) is 6.07 Å². The van der Waals surface area contributed by atoms with Crippen molar-refractivity contribution in [1.29, 1.82) is 0 Å². The van der Waals surface area contributed by atoms with Crippen molar-refractivity contribution in [3.63, 3.8) is 0 Å². The average Bonchev–Trinajstić information content (AvgIpc) is 2.52. The lowest BCUT2D eigenvalue weighted by Crippen LogP contribution is -3.19. The number of nitrogens with two attached hydrogens (primary N) is 1. The predicted molar refractivity (Wildman–Crippen MR) is 79.7 cm³/mol. The number of nitrogens with zero attached hydrogens (tertiary/aromatic N) is 2. The lowest BCUT2D eigenvalue weighted by molar-refractivity contribution is -0.914. The van der Waals surface area contributed by atoms with Gasteiger partial charge in [-0.2, -0.15) is 13.2 Å². The number of piperazine rings is 1. The maximum absolute atomic E-state index is 12.7. The Labute approximate surface area is 136 Å². The highest BCUT2D eigenvalue weighted by atomic mass is 19.4. The highest BCUT2D eigenvalue weighted by Crippen LogP contribution is 2.36. The third-order valence-corrected chi connectivity index (χ3v) is 4.28. The number of amides is 1. The molecule has 0 radical (unpaired) electrons. The van der Waals surface area contributed by atoms with Crippen LogP contribution in [0.2, 0.25) is 0 Å². The Bertz CT molecular complexity index is 643. The largest absolute Gasteiger partial charge is 0.416 e. The number of nitro groups is 1. The zero-order valence-corrected chi connectivity index (χ0v) is 13.0. The monoisotopic (exact) mass is 347 g/mol. The van der Waals surface area contributed by atoms with E-state index in [-0.39, 0.29) is 11.7 Å². The maximum atomic E-state index is 12.7. The van der Waals surface area contributed by atoms with Crippen molar-refractivity contribution in [2.24, 2.45) is 5.73 Å². The van der Waals surface area contributed by atoms with Crippen molar-refractivity contribution in [2.75, 3.05) is 31.1 Å². The summed E-state index contributed by atoms with van der Waals surface area (Å²) in [6, 6.07) is 2.15. The number of alkyl halides is 3. The number of benzene rings is 1. The first-order valence-corrected chi connectivity index (χ1v) is 7.35. The van der Waals surface area contributed by atoms with E-state index >= 15 is 0 Å². The average molecular weight is 347 g/mol. The summed E-state index contributed by atoms with van der Waals surface area (Å²) in [5, 5.41) is 11.2. The van der Waals surface area contributed by atoms with Gasteiger partial charge in [-0.3, -0.25) is 14.9 Å². The van der Waals surface area contributed by atoms with Crippen LogP contribution in [0.1, 0.15) is 12.5 Å². The molecule has 0 aromatic heterocycles. The Kier molecular flexibility index (Phi) is 4.97. The van der Waals surface area contributed by atoms with Crippen LogP contribution in [-0.4, -0.2) is 43.1 Å². The number of carbonyl (C=O) groups excluding carboxylic acids is 1. The van der Waals surface area contributed by atoms with Crippen LogP contribution in [0.5, 0.6) is 0 Å². The Morgan fingerprint density at radius 2 is 1.96 bits per heavy atom. The smallest absolute Gasteiger partial charge is 0.365 e. The summed E-state index contributed by atoms with van der Waals surface area (Å²) in [6.07, 6.45) is -4.64. The lowest BCUT2D eigenvalue weighted by Gasteiger charge is -2.35. The van der Waals surface area contributed by atoms with Gasteiger partial charge in [-0.1, -0.05) is 0 Å².